The molecule has 1 saturated heterocycles. The third-order valence-corrected chi connectivity index (χ3v) is 4.15. The normalized spacial score (nSPS) is 15.0. The number of hydrogen-bond donors (Lipinski definition) is 3. The van der Waals surface area contributed by atoms with E-state index in [1.165, 1.54) is 0 Å². The predicted octanol–water partition coefficient (Wildman–Crippen LogP) is 2.07. The van der Waals surface area contributed by atoms with E-state index in [1.54, 1.807) is 0 Å². The third-order valence-electron chi connectivity index (χ3n) is 4.15. The summed E-state index contributed by atoms with van der Waals surface area (Å²) in [5, 5.41) is 9.68. The molecule has 0 saturated carbocycles. The average molecular weight is 324 g/mol. The summed E-state index contributed by atoms with van der Waals surface area (Å²) in [7, 11) is 0. The molecule has 1 aliphatic rings. The molecule has 0 spiro atoms. The molecule has 24 heavy (non-hydrogen) atoms. The van der Waals surface area contributed by atoms with Crippen LogP contribution in [0, 0.1) is 0 Å². The first kappa shape index (κ1) is 16.5. The highest BCUT2D eigenvalue weighted by molar-refractivity contribution is 6.00. The predicted molar refractivity (Wildman–Crippen MR) is 97.8 cm³/mol. The quantitative estimate of drug-likeness (QED) is 0.761. The molecule has 5 heteroatoms. The number of carbonyl (C=O) groups is 1. The van der Waals surface area contributed by atoms with Gasteiger partial charge in [-0.25, -0.2) is 0 Å². The lowest BCUT2D eigenvalue weighted by Gasteiger charge is -2.27. The first-order valence-electron chi connectivity index (χ1n) is 8.45. The summed E-state index contributed by atoms with van der Waals surface area (Å²) in [4.78, 5) is 14.9. The molecule has 0 radical (unpaired) electrons. The van der Waals surface area contributed by atoms with Gasteiger partial charge in [-0.15, -0.1) is 0 Å². The molecular formula is C19H24N4O. The summed E-state index contributed by atoms with van der Waals surface area (Å²) in [5.41, 5.74) is 2.46. The average Bonchev–Trinajstić information content (AvgIpc) is 2.64. The first-order valence-corrected chi connectivity index (χ1v) is 8.45. The number of benzene rings is 2. The van der Waals surface area contributed by atoms with Crippen molar-refractivity contribution in [3.8, 4) is 0 Å². The summed E-state index contributed by atoms with van der Waals surface area (Å²) in [6.45, 7) is 5.69. The molecule has 1 fully saturated rings. The molecule has 1 aliphatic heterocycles. The second kappa shape index (κ2) is 8.47. The van der Waals surface area contributed by atoms with Crippen LogP contribution in [0.3, 0.4) is 0 Å². The second-order valence-electron chi connectivity index (χ2n) is 5.88. The van der Waals surface area contributed by atoms with E-state index in [9.17, 15) is 4.79 Å². The smallest absolute Gasteiger partial charge is 0.253 e. The number of amides is 1. The number of rotatable bonds is 6. The van der Waals surface area contributed by atoms with Crippen molar-refractivity contribution < 1.29 is 4.79 Å². The molecule has 0 bridgehead atoms. The Bertz CT molecular complexity index is 653. The molecule has 1 amide bonds. The molecule has 126 valence electrons. The Morgan fingerprint density at radius 2 is 1.71 bits per heavy atom. The molecule has 5 nitrogen and oxygen atoms in total. The maximum Gasteiger partial charge on any atom is 0.253 e. The number of carbonyl (C=O) groups excluding carboxylic acids is 1. The van der Waals surface area contributed by atoms with Gasteiger partial charge in [-0.1, -0.05) is 30.3 Å². The van der Waals surface area contributed by atoms with Gasteiger partial charge in [0.15, 0.2) is 0 Å². The molecule has 2 aromatic carbocycles. The van der Waals surface area contributed by atoms with Gasteiger partial charge in [-0.2, -0.15) is 0 Å². The summed E-state index contributed by atoms with van der Waals surface area (Å²) in [5.74, 6) is -0.0378. The van der Waals surface area contributed by atoms with Gasteiger partial charge in [0.2, 0.25) is 0 Å². The molecule has 0 aromatic heterocycles. The van der Waals surface area contributed by atoms with Crippen LogP contribution >= 0.6 is 0 Å². The van der Waals surface area contributed by atoms with E-state index in [2.05, 4.69) is 20.9 Å². The summed E-state index contributed by atoms with van der Waals surface area (Å²) < 4.78 is 0. The van der Waals surface area contributed by atoms with Gasteiger partial charge in [-0.3, -0.25) is 9.69 Å². The number of piperazine rings is 1. The van der Waals surface area contributed by atoms with Gasteiger partial charge in [-0.05, 0) is 24.3 Å². The molecule has 3 rings (SSSR count). The van der Waals surface area contributed by atoms with Gasteiger partial charge in [0.25, 0.3) is 5.91 Å². The third kappa shape index (κ3) is 4.57. The minimum Gasteiger partial charge on any atom is -0.355 e. The van der Waals surface area contributed by atoms with Crippen LogP contribution in [0.25, 0.3) is 0 Å². The molecule has 1 heterocycles. The highest BCUT2D eigenvalue weighted by Gasteiger charge is 2.12. The molecule has 3 N–H and O–H groups in total. The van der Waals surface area contributed by atoms with Crippen molar-refractivity contribution in [3.63, 3.8) is 0 Å². The van der Waals surface area contributed by atoms with Crippen LogP contribution in [-0.4, -0.2) is 50.1 Å². The van der Waals surface area contributed by atoms with Crippen molar-refractivity contribution >= 4 is 17.3 Å². The van der Waals surface area contributed by atoms with Gasteiger partial charge < -0.3 is 16.0 Å². The van der Waals surface area contributed by atoms with Gasteiger partial charge >= 0.3 is 0 Å². The van der Waals surface area contributed by atoms with E-state index in [0.29, 0.717) is 12.1 Å². The number of para-hydroxylation sites is 2. The maximum atomic E-state index is 12.5. The number of anilines is 2. The van der Waals surface area contributed by atoms with Crippen LogP contribution in [0.2, 0.25) is 0 Å². The highest BCUT2D eigenvalue weighted by Crippen LogP contribution is 2.20. The molecule has 2 aromatic rings. The molecule has 0 aliphatic carbocycles. The van der Waals surface area contributed by atoms with Crippen molar-refractivity contribution in [2.45, 2.75) is 0 Å². The van der Waals surface area contributed by atoms with Crippen LogP contribution in [0.15, 0.2) is 54.6 Å². The zero-order valence-corrected chi connectivity index (χ0v) is 13.8. The molecule has 0 atom stereocenters. The summed E-state index contributed by atoms with van der Waals surface area (Å²) in [6.07, 6.45) is 0. The number of hydrogen-bond acceptors (Lipinski definition) is 4. The van der Waals surface area contributed by atoms with E-state index < -0.39 is 0 Å². The SMILES string of the molecule is O=C(NCCN1CCNCC1)c1ccccc1Nc1ccccc1. The lowest BCUT2D eigenvalue weighted by atomic mass is 10.1. The van der Waals surface area contributed by atoms with E-state index in [0.717, 1.165) is 44.1 Å². The number of nitrogens with zero attached hydrogens (tertiary/aromatic N) is 1. The van der Waals surface area contributed by atoms with E-state index in [-0.39, 0.29) is 5.91 Å². The van der Waals surface area contributed by atoms with Crippen molar-refractivity contribution in [1.82, 2.24) is 15.5 Å². The molecule has 0 unspecified atom stereocenters. The van der Waals surface area contributed by atoms with E-state index >= 15 is 0 Å². The largest absolute Gasteiger partial charge is 0.355 e. The van der Waals surface area contributed by atoms with E-state index in [1.807, 2.05) is 54.6 Å². The minimum atomic E-state index is -0.0378. The van der Waals surface area contributed by atoms with E-state index in [4.69, 9.17) is 0 Å². The first-order chi connectivity index (χ1) is 11.8. The lowest BCUT2D eigenvalue weighted by molar-refractivity contribution is 0.0948. The van der Waals surface area contributed by atoms with Crippen LogP contribution < -0.4 is 16.0 Å². The summed E-state index contributed by atoms with van der Waals surface area (Å²) >= 11 is 0. The number of nitrogens with one attached hydrogen (secondary N) is 3. The Kier molecular flexibility index (Phi) is 5.82. The fourth-order valence-corrected chi connectivity index (χ4v) is 2.82. The van der Waals surface area contributed by atoms with Crippen LogP contribution in [0.1, 0.15) is 10.4 Å². The topological polar surface area (TPSA) is 56.4 Å². The Labute approximate surface area is 143 Å². The monoisotopic (exact) mass is 324 g/mol. The Balaban J connectivity index is 1.58. The standard InChI is InChI=1S/C19H24N4O/c24-19(21-12-15-23-13-10-20-11-14-23)17-8-4-5-9-18(17)22-16-6-2-1-3-7-16/h1-9,20,22H,10-15H2,(H,21,24). The van der Waals surface area contributed by atoms with Gasteiger partial charge in [0, 0.05) is 45.0 Å². The Morgan fingerprint density at radius 3 is 2.50 bits per heavy atom. The van der Waals surface area contributed by atoms with Crippen LogP contribution in [0.4, 0.5) is 11.4 Å². The van der Waals surface area contributed by atoms with Crippen LogP contribution in [-0.2, 0) is 0 Å². The van der Waals surface area contributed by atoms with Crippen molar-refractivity contribution in [1.29, 1.82) is 0 Å². The Morgan fingerprint density at radius 1 is 1.00 bits per heavy atom. The highest BCUT2D eigenvalue weighted by atomic mass is 16.1. The summed E-state index contributed by atoms with van der Waals surface area (Å²) in [6, 6.07) is 17.5. The fraction of sp³-hybridized carbons (Fsp3) is 0.316. The van der Waals surface area contributed by atoms with Crippen molar-refractivity contribution in [2.24, 2.45) is 0 Å². The fourth-order valence-electron chi connectivity index (χ4n) is 2.82. The second-order valence-corrected chi connectivity index (χ2v) is 5.88. The van der Waals surface area contributed by atoms with Gasteiger partial charge in [0.05, 0.1) is 11.3 Å². The van der Waals surface area contributed by atoms with Crippen molar-refractivity contribution in [2.75, 3.05) is 44.6 Å². The van der Waals surface area contributed by atoms with Crippen molar-refractivity contribution in [3.05, 3.63) is 60.2 Å². The minimum absolute atomic E-state index is 0.0378. The lowest BCUT2D eigenvalue weighted by Crippen LogP contribution is -2.46. The molecular weight excluding hydrogens is 300 g/mol. The maximum absolute atomic E-state index is 12.5. The van der Waals surface area contributed by atoms with Gasteiger partial charge in [0.1, 0.15) is 0 Å². The zero-order valence-electron chi connectivity index (χ0n) is 13.8. The zero-order chi connectivity index (χ0) is 16.6. The van der Waals surface area contributed by atoms with Crippen LogP contribution in [0.5, 0.6) is 0 Å². The Hall–Kier alpha value is -2.37.